The number of hydrogen-bond acceptors (Lipinski definition) is 1. The Labute approximate surface area is 157 Å². The zero-order valence-electron chi connectivity index (χ0n) is 16.3. The molecule has 0 aliphatic heterocycles. The molecule has 1 aliphatic rings. The summed E-state index contributed by atoms with van der Waals surface area (Å²) >= 11 is 0. The third-order valence-corrected chi connectivity index (χ3v) is 5.28. The lowest BCUT2D eigenvalue weighted by molar-refractivity contribution is 0.288. The van der Waals surface area contributed by atoms with Gasteiger partial charge in [-0.15, -0.1) is 0 Å². The summed E-state index contributed by atoms with van der Waals surface area (Å²) in [7, 11) is 0. The van der Waals surface area contributed by atoms with Gasteiger partial charge in [0.1, 0.15) is 0 Å². The van der Waals surface area contributed by atoms with Gasteiger partial charge >= 0.3 is 0 Å². The zero-order valence-corrected chi connectivity index (χ0v) is 16.3. The van der Waals surface area contributed by atoms with Crippen LogP contribution < -0.4 is 4.74 Å². The summed E-state index contributed by atoms with van der Waals surface area (Å²) in [6.07, 6.45) is 11.6. The Morgan fingerprint density at radius 2 is 1.69 bits per heavy atom. The molecule has 1 saturated carbocycles. The highest BCUT2D eigenvalue weighted by Gasteiger charge is 2.19. The van der Waals surface area contributed by atoms with Gasteiger partial charge in [-0.05, 0) is 50.2 Å². The molecule has 0 N–H and O–H groups in total. The molecule has 0 unspecified atom stereocenters. The Hall–Kier alpha value is -1.56. The van der Waals surface area contributed by atoms with Crippen LogP contribution in [0.2, 0.25) is 0 Å². The van der Waals surface area contributed by atoms with Crippen LogP contribution in [0.5, 0.6) is 5.75 Å². The van der Waals surface area contributed by atoms with Gasteiger partial charge in [-0.3, -0.25) is 0 Å². The van der Waals surface area contributed by atoms with E-state index >= 15 is 0 Å². The van der Waals surface area contributed by atoms with Gasteiger partial charge in [-0.25, -0.2) is 4.39 Å². The first-order chi connectivity index (χ1) is 12.7. The van der Waals surface area contributed by atoms with E-state index in [1.165, 1.54) is 50.7 Å². The fraction of sp³-hybridized carbons (Fsp3) is 0.652. The lowest BCUT2D eigenvalue weighted by atomic mass is 9.80. The third kappa shape index (κ3) is 6.31. The van der Waals surface area contributed by atoms with Gasteiger partial charge < -0.3 is 4.74 Å². The van der Waals surface area contributed by atoms with Crippen LogP contribution in [-0.2, 0) is 0 Å². The summed E-state index contributed by atoms with van der Waals surface area (Å²) in [5.74, 6) is 5.33. The fourth-order valence-electron chi connectivity index (χ4n) is 3.52. The molecule has 1 fully saturated rings. The van der Waals surface area contributed by atoms with Crippen molar-refractivity contribution in [1.82, 2.24) is 0 Å². The number of benzene rings is 1. The van der Waals surface area contributed by atoms with Gasteiger partial charge in [0.05, 0.1) is 12.2 Å². The van der Waals surface area contributed by atoms with Crippen LogP contribution in [0.1, 0.15) is 83.6 Å². The van der Waals surface area contributed by atoms with Crippen molar-refractivity contribution in [3.05, 3.63) is 29.3 Å². The summed E-state index contributed by atoms with van der Waals surface area (Å²) in [6, 6.07) is 3.02. The Kier molecular flexibility index (Phi) is 8.95. The number of hydrogen-bond donors (Lipinski definition) is 0. The molecule has 0 atom stereocenters. The third-order valence-electron chi connectivity index (χ3n) is 5.28. The molecule has 1 aliphatic carbocycles. The first-order valence-corrected chi connectivity index (χ1v) is 10.3. The van der Waals surface area contributed by atoms with Crippen molar-refractivity contribution < 1.29 is 13.5 Å². The van der Waals surface area contributed by atoms with Crippen LogP contribution in [0.3, 0.4) is 0 Å². The van der Waals surface area contributed by atoms with E-state index in [2.05, 4.69) is 18.8 Å². The van der Waals surface area contributed by atoms with E-state index in [9.17, 15) is 8.78 Å². The highest BCUT2D eigenvalue weighted by Crippen LogP contribution is 2.32. The second-order valence-electron chi connectivity index (χ2n) is 7.42. The lowest BCUT2D eigenvalue weighted by Gasteiger charge is -2.25. The van der Waals surface area contributed by atoms with Crippen LogP contribution in [0.4, 0.5) is 8.78 Å². The Balaban J connectivity index is 1.89. The number of rotatable bonds is 8. The minimum Gasteiger partial charge on any atom is -0.490 e. The van der Waals surface area contributed by atoms with Gasteiger partial charge in [0.15, 0.2) is 11.6 Å². The summed E-state index contributed by atoms with van der Waals surface area (Å²) < 4.78 is 33.6. The summed E-state index contributed by atoms with van der Waals surface area (Å²) in [5.41, 5.74) is 0.135. The van der Waals surface area contributed by atoms with E-state index in [0.29, 0.717) is 12.5 Å². The molecule has 144 valence electrons. The quantitative estimate of drug-likeness (QED) is 0.362. The predicted octanol–water partition coefficient (Wildman–Crippen LogP) is 6.88. The van der Waals surface area contributed by atoms with Gasteiger partial charge in [0.25, 0.3) is 0 Å². The smallest absolute Gasteiger partial charge is 0.201 e. The fourth-order valence-corrected chi connectivity index (χ4v) is 3.52. The minimum absolute atomic E-state index is 0.0194. The van der Waals surface area contributed by atoms with Crippen molar-refractivity contribution in [3.63, 3.8) is 0 Å². The molecule has 3 heteroatoms. The Morgan fingerprint density at radius 3 is 2.38 bits per heavy atom. The molecule has 1 aromatic rings. The molecule has 1 nitrogen and oxygen atoms in total. The maximum atomic E-state index is 14.2. The normalized spacial score (nSPS) is 19.7. The van der Waals surface area contributed by atoms with Crippen LogP contribution in [0.15, 0.2) is 12.1 Å². The van der Waals surface area contributed by atoms with Crippen molar-refractivity contribution >= 4 is 0 Å². The minimum atomic E-state index is -0.924. The molecule has 0 radical (unpaired) electrons. The highest BCUT2D eigenvalue weighted by atomic mass is 19.2. The van der Waals surface area contributed by atoms with E-state index < -0.39 is 11.6 Å². The molecule has 0 bridgehead atoms. The predicted molar refractivity (Wildman–Crippen MR) is 103 cm³/mol. The van der Waals surface area contributed by atoms with Crippen LogP contribution in [0.25, 0.3) is 0 Å². The number of ether oxygens (including phenoxy) is 1. The van der Waals surface area contributed by atoms with E-state index in [0.717, 1.165) is 31.6 Å². The molecule has 0 heterocycles. The molecule has 1 aromatic carbocycles. The highest BCUT2D eigenvalue weighted by molar-refractivity contribution is 5.41. The molecular formula is C23H32F2O. The van der Waals surface area contributed by atoms with E-state index in [4.69, 9.17) is 4.74 Å². The topological polar surface area (TPSA) is 9.23 Å². The van der Waals surface area contributed by atoms with Crippen molar-refractivity contribution in [1.29, 1.82) is 0 Å². The summed E-state index contributed by atoms with van der Waals surface area (Å²) in [6.45, 7) is 4.66. The largest absolute Gasteiger partial charge is 0.490 e. The van der Waals surface area contributed by atoms with Crippen molar-refractivity contribution in [2.24, 2.45) is 11.8 Å². The first-order valence-electron chi connectivity index (χ1n) is 10.3. The van der Waals surface area contributed by atoms with Crippen molar-refractivity contribution in [2.45, 2.75) is 78.1 Å². The van der Waals surface area contributed by atoms with E-state index in [1.54, 1.807) is 0 Å². The number of unbranched alkanes of at least 4 members (excludes halogenated alkanes) is 3. The molecule has 26 heavy (non-hydrogen) atoms. The lowest BCUT2D eigenvalue weighted by Crippen LogP contribution is -2.13. The monoisotopic (exact) mass is 362 g/mol. The molecule has 2 rings (SSSR count). The second-order valence-corrected chi connectivity index (χ2v) is 7.42. The average molecular weight is 363 g/mol. The standard InChI is InChI=1S/C23H32F2O/c1-3-5-7-8-18-9-11-19(12-10-18)13-14-20-15-16-21(23(25)22(20)24)26-17-6-4-2/h15-16,18-19H,3-12,17H2,1-2H3. The van der Waals surface area contributed by atoms with Crippen LogP contribution in [0, 0.1) is 35.3 Å². The average Bonchev–Trinajstić information content (AvgIpc) is 2.66. The zero-order chi connectivity index (χ0) is 18.8. The maximum absolute atomic E-state index is 14.2. The number of halogens is 2. The van der Waals surface area contributed by atoms with Crippen LogP contribution in [-0.4, -0.2) is 6.61 Å². The molecule has 0 saturated heterocycles. The van der Waals surface area contributed by atoms with Crippen LogP contribution >= 0.6 is 0 Å². The maximum Gasteiger partial charge on any atom is 0.201 e. The van der Waals surface area contributed by atoms with Crippen molar-refractivity contribution in [2.75, 3.05) is 6.61 Å². The van der Waals surface area contributed by atoms with Crippen molar-refractivity contribution in [3.8, 4) is 17.6 Å². The first kappa shape index (κ1) is 20.7. The molecule has 0 spiro atoms. The van der Waals surface area contributed by atoms with Gasteiger partial charge in [0, 0.05) is 5.92 Å². The Bertz CT molecular complexity index is 607. The van der Waals surface area contributed by atoms with Gasteiger partial charge in [0.2, 0.25) is 5.82 Å². The summed E-state index contributed by atoms with van der Waals surface area (Å²) in [5, 5.41) is 0. The summed E-state index contributed by atoms with van der Waals surface area (Å²) in [4.78, 5) is 0. The van der Waals surface area contributed by atoms with Gasteiger partial charge in [-0.2, -0.15) is 4.39 Å². The SMILES string of the molecule is CCCCCC1CCC(C#Cc2ccc(OCCCC)c(F)c2F)CC1. The van der Waals surface area contributed by atoms with E-state index in [1.807, 2.05) is 6.92 Å². The molecule has 0 aromatic heterocycles. The second kappa shape index (κ2) is 11.2. The molecular weight excluding hydrogens is 330 g/mol. The van der Waals surface area contributed by atoms with Gasteiger partial charge in [-0.1, -0.05) is 57.8 Å². The Morgan fingerprint density at radius 1 is 0.962 bits per heavy atom. The molecule has 0 amide bonds. The van der Waals surface area contributed by atoms with E-state index in [-0.39, 0.29) is 11.3 Å².